The van der Waals surface area contributed by atoms with E-state index in [0.717, 1.165) is 15.6 Å². The summed E-state index contributed by atoms with van der Waals surface area (Å²) < 4.78 is 5.98. The van der Waals surface area contributed by atoms with E-state index in [0.29, 0.717) is 11.6 Å². The Morgan fingerprint density at radius 3 is 2.72 bits per heavy atom. The molecular formula is C13H13BrN2O2. The fourth-order valence-electron chi connectivity index (χ4n) is 1.71. The van der Waals surface area contributed by atoms with Crippen molar-refractivity contribution in [2.24, 2.45) is 0 Å². The lowest BCUT2D eigenvalue weighted by Crippen LogP contribution is -2.07. The summed E-state index contributed by atoms with van der Waals surface area (Å²) in [7, 11) is 1.51. The van der Waals surface area contributed by atoms with Gasteiger partial charge < -0.3 is 9.84 Å². The molecule has 1 N–H and O–H groups in total. The van der Waals surface area contributed by atoms with Gasteiger partial charge in [-0.05, 0) is 12.5 Å². The van der Waals surface area contributed by atoms with Gasteiger partial charge in [-0.25, -0.2) is 4.98 Å². The standard InChI is InChI=1S/C13H13BrN2O2/c1-8-4-3-5-9(10(8)14)12(17)11-13(18-2)16-7-6-15-11/h3-7,12,17H,1-2H3. The maximum absolute atomic E-state index is 10.4. The van der Waals surface area contributed by atoms with Crippen molar-refractivity contribution in [3.63, 3.8) is 0 Å². The molecule has 0 amide bonds. The molecule has 1 aromatic heterocycles. The van der Waals surface area contributed by atoms with Gasteiger partial charge in [-0.2, -0.15) is 0 Å². The van der Waals surface area contributed by atoms with Crippen LogP contribution in [0.25, 0.3) is 0 Å². The van der Waals surface area contributed by atoms with Crippen molar-refractivity contribution in [3.8, 4) is 5.88 Å². The summed E-state index contributed by atoms with van der Waals surface area (Å²) in [5.41, 5.74) is 2.20. The molecule has 1 heterocycles. The van der Waals surface area contributed by atoms with Crippen LogP contribution >= 0.6 is 15.9 Å². The number of aryl methyl sites for hydroxylation is 1. The molecule has 2 aromatic rings. The Morgan fingerprint density at radius 2 is 2.00 bits per heavy atom. The lowest BCUT2D eigenvalue weighted by molar-refractivity contribution is 0.207. The van der Waals surface area contributed by atoms with Gasteiger partial charge in [0.15, 0.2) is 0 Å². The molecule has 0 saturated heterocycles. The zero-order chi connectivity index (χ0) is 13.1. The Labute approximate surface area is 114 Å². The Bertz CT molecular complexity index is 560. The second-order valence-electron chi connectivity index (χ2n) is 3.83. The highest BCUT2D eigenvalue weighted by Crippen LogP contribution is 2.32. The lowest BCUT2D eigenvalue weighted by Gasteiger charge is -2.15. The van der Waals surface area contributed by atoms with Gasteiger partial charge in [0, 0.05) is 22.4 Å². The van der Waals surface area contributed by atoms with E-state index in [9.17, 15) is 5.11 Å². The number of hydrogen-bond acceptors (Lipinski definition) is 4. The number of halogens is 1. The Hall–Kier alpha value is -1.46. The molecule has 0 aliphatic heterocycles. The molecule has 2 rings (SSSR count). The third-order valence-corrected chi connectivity index (χ3v) is 3.74. The van der Waals surface area contributed by atoms with E-state index < -0.39 is 6.10 Å². The van der Waals surface area contributed by atoms with Crippen molar-refractivity contribution < 1.29 is 9.84 Å². The Balaban J connectivity index is 2.48. The normalized spacial score (nSPS) is 12.2. The molecule has 1 unspecified atom stereocenters. The molecule has 0 bridgehead atoms. The zero-order valence-corrected chi connectivity index (χ0v) is 11.7. The van der Waals surface area contributed by atoms with Crippen LogP contribution in [0.15, 0.2) is 35.1 Å². The number of benzene rings is 1. The van der Waals surface area contributed by atoms with Gasteiger partial charge in [0.2, 0.25) is 5.88 Å². The number of aromatic nitrogens is 2. The van der Waals surface area contributed by atoms with Gasteiger partial charge in [0.05, 0.1) is 7.11 Å². The minimum absolute atomic E-state index is 0.332. The van der Waals surface area contributed by atoms with E-state index in [1.807, 2.05) is 25.1 Å². The summed E-state index contributed by atoms with van der Waals surface area (Å²) in [5, 5.41) is 10.4. The highest BCUT2D eigenvalue weighted by atomic mass is 79.9. The number of nitrogens with zero attached hydrogens (tertiary/aromatic N) is 2. The number of ether oxygens (including phenoxy) is 1. The summed E-state index contributed by atoms with van der Waals surface area (Å²) in [6.07, 6.45) is 2.19. The summed E-state index contributed by atoms with van der Waals surface area (Å²) in [4.78, 5) is 8.17. The van der Waals surface area contributed by atoms with Gasteiger partial charge in [-0.3, -0.25) is 4.98 Å². The molecule has 1 atom stereocenters. The maximum Gasteiger partial charge on any atom is 0.238 e. The number of methoxy groups -OCH3 is 1. The lowest BCUT2D eigenvalue weighted by atomic mass is 10.0. The molecule has 0 radical (unpaired) electrons. The van der Waals surface area contributed by atoms with Crippen LogP contribution in [0.2, 0.25) is 0 Å². The highest BCUT2D eigenvalue weighted by molar-refractivity contribution is 9.10. The van der Waals surface area contributed by atoms with Crippen LogP contribution in [0.1, 0.15) is 22.9 Å². The van der Waals surface area contributed by atoms with Crippen LogP contribution < -0.4 is 4.74 Å². The van der Waals surface area contributed by atoms with Crippen molar-refractivity contribution in [3.05, 3.63) is 51.9 Å². The Kier molecular flexibility index (Phi) is 3.93. The molecule has 4 nitrogen and oxygen atoms in total. The average molecular weight is 309 g/mol. The largest absolute Gasteiger partial charge is 0.480 e. The van der Waals surface area contributed by atoms with E-state index in [2.05, 4.69) is 25.9 Å². The summed E-state index contributed by atoms with van der Waals surface area (Å²) >= 11 is 3.48. The third-order valence-electron chi connectivity index (χ3n) is 2.66. The second kappa shape index (κ2) is 5.46. The molecule has 0 aliphatic rings. The van der Waals surface area contributed by atoms with E-state index in [4.69, 9.17) is 4.74 Å². The van der Waals surface area contributed by atoms with Crippen molar-refractivity contribution in [1.82, 2.24) is 9.97 Å². The van der Waals surface area contributed by atoms with Crippen molar-refractivity contribution in [2.75, 3.05) is 7.11 Å². The predicted octanol–water partition coefficient (Wildman–Crippen LogP) is 2.64. The first-order valence-corrected chi connectivity index (χ1v) is 6.22. The van der Waals surface area contributed by atoms with Crippen LogP contribution in [0.5, 0.6) is 5.88 Å². The first kappa shape index (κ1) is 13.0. The molecule has 5 heteroatoms. The first-order chi connectivity index (χ1) is 8.65. The van der Waals surface area contributed by atoms with Crippen LogP contribution in [0.4, 0.5) is 0 Å². The molecular weight excluding hydrogens is 296 g/mol. The Morgan fingerprint density at radius 1 is 1.28 bits per heavy atom. The van der Waals surface area contributed by atoms with Crippen LogP contribution in [-0.4, -0.2) is 22.2 Å². The minimum Gasteiger partial charge on any atom is -0.480 e. The van der Waals surface area contributed by atoms with E-state index in [1.54, 1.807) is 0 Å². The molecule has 1 aromatic carbocycles. The van der Waals surface area contributed by atoms with Crippen molar-refractivity contribution in [2.45, 2.75) is 13.0 Å². The smallest absolute Gasteiger partial charge is 0.238 e. The molecule has 0 saturated carbocycles. The van der Waals surface area contributed by atoms with Gasteiger partial charge in [0.25, 0.3) is 0 Å². The predicted molar refractivity (Wildman–Crippen MR) is 71.5 cm³/mol. The molecule has 18 heavy (non-hydrogen) atoms. The SMILES string of the molecule is COc1nccnc1C(O)c1cccc(C)c1Br. The fraction of sp³-hybridized carbons (Fsp3) is 0.231. The molecule has 94 valence electrons. The van der Waals surface area contributed by atoms with E-state index in [-0.39, 0.29) is 0 Å². The summed E-state index contributed by atoms with van der Waals surface area (Å²) in [6, 6.07) is 5.70. The average Bonchev–Trinajstić information content (AvgIpc) is 2.41. The van der Waals surface area contributed by atoms with Gasteiger partial charge in [-0.1, -0.05) is 34.1 Å². The highest BCUT2D eigenvalue weighted by Gasteiger charge is 2.20. The van der Waals surface area contributed by atoms with Crippen molar-refractivity contribution in [1.29, 1.82) is 0 Å². The quantitative estimate of drug-likeness (QED) is 0.947. The van der Waals surface area contributed by atoms with Gasteiger partial charge in [-0.15, -0.1) is 0 Å². The van der Waals surface area contributed by atoms with Crippen LogP contribution in [0, 0.1) is 6.92 Å². The molecule has 0 spiro atoms. The number of rotatable bonds is 3. The van der Waals surface area contributed by atoms with E-state index >= 15 is 0 Å². The van der Waals surface area contributed by atoms with Crippen molar-refractivity contribution >= 4 is 15.9 Å². The monoisotopic (exact) mass is 308 g/mol. The van der Waals surface area contributed by atoms with Crippen LogP contribution in [-0.2, 0) is 0 Å². The van der Waals surface area contributed by atoms with Gasteiger partial charge in [0.1, 0.15) is 11.8 Å². The first-order valence-electron chi connectivity index (χ1n) is 5.43. The summed E-state index contributed by atoms with van der Waals surface area (Å²) in [5.74, 6) is 0.332. The maximum atomic E-state index is 10.4. The fourth-order valence-corrected chi connectivity index (χ4v) is 2.19. The topological polar surface area (TPSA) is 55.2 Å². The zero-order valence-electron chi connectivity index (χ0n) is 10.1. The summed E-state index contributed by atoms with van der Waals surface area (Å²) in [6.45, 7) is 1.97. The van der Waals surface area contributed by atoms with Gasteiger partial charge >= 0.3 is 0 Å². The molecule has 0 fully saturated rings. The number of aliphatic hydroxyl groups is 1. The van der Waals surface area contributed by atoms with Crippen LogP contribution in [0.3, 0.4) is 0 Å². The number of hydrogen-bond donors (Lipinski definition) is 1. The van der Waals surface area contributed by atoms with E-state index in [1.165, 1.54) is 19.5 Å². The molecule has 0 aliphatic carbocycles. The third kappa shape index (κ3) is 2.37. The number of aliphatic hydroxyl groups excluding tert-OH is 1. The second-order valence-corrected chi connectivity index (χ2v) is 4.62. The minimum atomic E-state index is -0.872.